The van der Waals surface area contributed by atoms with Gasteiger partial charge in [0.2, 0.25) is 0 Å². The molecule has 1 aromatic rings. The minimum Gasteiger partial charge on any atom is -0.497 e. The van der Waals surface area contributed by atoms with E-state index < -0.39 is 5.60 Å². The molecule has 0 spiro atoms. The van der Waals surface area contributed by atoms with Crippen molar-refractivity contribution >= 4 is 0 Å². The summed E-state index contributed by atoms with van der Waals surface area (Å²) in [5, 5.41) is 11.5. The summed E-state index contributed by atoms with van der Waals surface area (Å²) in [6, 6.07) is 6.46. The average Bonchev–Trinajstić information content (AvgIpc) is 2.52. The van der Waals surface area contributed by atoms with E-state index >= 15 is 0 Å². The maximum atomic E-state index is 11.5. The van der Waals surface area contributed by atoms with Crippen LogP contribution in [0.4, 0.5) is 0 Å². The molecule has 1 N–H and O–H groups in total. The molecular weight excluding hydrogens is 274 g/mol. The standard InChI is InChI=1S/C19H29NO2/c1-20(2)13-12-18-9-4-5-10-19(18,21)11-8-15-6-7-16(22-3)14-17(15)18/h6-7,14,21H,4-5,8-13H2,1-3H3. The highest BCUT2D eigenvalue weighted by atomic mass is 16.5. The summed E-state index contributed by atoms with van der Waals surface area (Å²) in [6.07, 6.45) is 7.32. The lowest BCUT2D eigenvalue weighted by atomic mass is 9.53. The number of benzene rings is 1. The quantitative estimate of drug-likeness (QED) is 0.927. The van der Waals surface area contributed by atoms with Gasteiger partial charge in [0.1, 0.15) is 5.75 Å². The average molecular weight is 303 g/mol. The molecule has 2 atom stereocenters. The first-order valence-electron chi connectivity index (χ1n) is 8.55. The molecule has 22 heavy (non-hydrogen) atoms. The van der Waals surface area contributed by atoms with Gasteiger partial charge in [-0.25, -0.2) is 0 Å². The van der Waals surface area contributed by atoms with Crippen molar-refractivity contribution in [2.45, 2.75) is 56.0 Å². The van der Waals surface area contributed by atoms with E-state index in [1.165, 1.54) is 17.5 Å². The summed E-state index contributed by atoms with van der Waals surface area (Å²) in [6.45, 7) is 1.01. The third-order valence-corrected chi connectivity index (χ3v) is 5.96. The largest absolute Gasteiger partial charge is 0.497 e. The molecule has 1 saturated carbocycles. The predicted octanol–water partition coefficient (Wildman–Crippen LogP) is 3.14. The number of aliphatic hydroxyl groups is 1. The molecule has 0 aromatic heterocycles. The van der Waals surface area contributed by atoms with Crippen molar-refractivity contribution in [1.82, 2.24) is 4.90 Å². The molecule has 2 unspecified atom stereocenters. The first-order chi connectivity index (χ1) is 10.5. The van der Waals surface area contributed by atoms with Gasteiger partial charge in [0.25, 0.3) is 0 Å². The van der Waals surface area contributed by atoms with Crippen LogP contribution in [0.5, 0.6) is 5.75 Å². The van der Waals surface area contributed by atoms with Gasteiger partial charge < -0.3 is 14.7 Å². The van der Waals surface area contributed by atoms with Gasteiger partial charge in [-0.2, -0.15) is 0 Å². The molecule has 0 radical (unpaired) electrons. The van der Waals surface area contributed by atoms with Crippen LogP contribution in [0.15, 0.2) is 18.2 Å². The maximum Gasteiger partial charge on any atom is 0.119 e. The van der Waals surface area contributed by atoms with Gasteiger partial charge in [-0.05, 0) is 76.0 Å². The fraction of sp³-hybridized carbons (Fsp3) is 0.684. The Morgan fingerprint density at radius 1 is 1.18 bits per heavy atom. The second kappa shape index (κ2) is 5.86. The Kier molecular flexibility index (Phi) is 4.21. The fourth-order valence-corrected chi connectivity index (χ4v) is 4.66. The Balaban J connectivity index is 2.09. The highest BCUT2D eigenvalue weighted by Crippen LogP contribution is 2.55. The van der Waals surface area contributed by atoms with E-state index in [0.717, 1.165) is 50.8 Å². The SMILES string of the molecule is COc1ccc2c(c1)C1(CCN(C)C)CCCCC1(O)CC2. The Morgan fingerprint density at radius 2 is 1.95 bits per heavy atom. The summed E-state index contributed by atoms with van der Waals surface area (Å²) < 4.78 is 5.47. The van der Waals surface area contributed by atoms with E-state index in [0.29, 0.717) is 0 Å². The molecule has 2 aliphatic carbocycles. The predicted molar refractivity (Wildman–Crippen MR) is 89.6 cm³/mol. The molecule has 0 saturated heterocycles. The Morgan fingerprint density at radius 3 is 2.68 bits per heavy atom. The highest BCUT2D eigenvalue weighted by Gasteiger charge is 2.54. The summed E-state index contributed by atoms with van der Waals surface area (Å²) in [5.41, 5.74) is 2.12. The van der Waals surface area contributed by atoms with Gasteiger partial charge >= 0.3 is 0 Å². The second-order valence-electron chi connectivity index (χ2n) is 7.40. The van der Waals surface area contributed by atoms with Gasteiger partial charge in [-0.3, -0.25) is 0 Å². The number of rotatable bonds is 4. The Labute approximate surface area is 134 Å². The van der Waals surface area contributed by atoms with E-state index in [4.69, 9.17) is 4.74 Å². The van der Waals surface area contributed by atoms with Crippen LogP contribution in [0.3, 0.4) is 0 Å². The molecule has 0 heterocycles. The molecule has 1 fully saturated rings. The van der Waals surface area contributed by atoms with Crippen LogP contribution in [-0.2, 0) is 11.8 Å². The van der Waals surface area contributed by atoms with Gasteiger partial charge in [0.15, 0.2) is 0 Å². The number of nitrogens with zero attached hydrogens (tertiary/aromatic N) is 1. The van der Waals surface area contributed by atoms with Crippen LogP contribution in [0, 0.1) is 0 Å². The van der Waals surface area contributed by atoms with Crippen LogP contribution in [-0.4, -0.2) is 43.4 Å². The topological polar surface area (TPSA) is 32.7 Å². The third-order valence-electron chi connectivity index (χ3n) is 5.96. The summed E-state index contributed by atoms with van der Waals surface area (Å²) in [7, 11) is 5.96. The van der Waals surface area contributed by atoms with Crippen molar-refractivity contribution in [2.75, 3.05) is 27.7 Å². The highest BCUT2D eigenvalue weighted by molar-refractivity contribution is 5.46. The summed E-state index contributed by atoms with van der Waals surface area (Å²) in [4.78, 5) is 2.23. The molecule has 3 nitrogen and oxygen atoms in total. The smallest absolute Gasteiger partial charge is 0.119 e. The van der Waals surface area contributed by atoms with Crippen molar-refractivity contribution in [1.29, 1.82) is 0 Å². The summed E-state index contributed by atoms with van der Waals surface area (Å²) in [5.74, 6) is 0.915. The number of fused-ring (bicyclic) bond motifs is 3. The lowest BCUT2D eigenvalue weighted by Gasteiger charge is -2.55. The monoisotopic (exact) mass is 303 g/mol. The summed E-state index contributed by atoms with van der Waals surface area (Å²) >= 11 is 0. The number of ether oxygens (including phenoxy) is 1. The Hall–Kier alpha value is -1.06. The van der Waals surface area contributed by atoms with E-state index in [9.17, 15) is 5.11 Å². The zero-order valence-electron chi connectivity index (χ0n) is 14.2. The number of aryl methyl sites for hydroxylation is 1. The van der Waals surface area contributed by atoms with Crippen molar-refractivity contribution in [3.8, 4) is 5.75 Å². The first kappa shape index (κ1) is 15.8. The van der Waals surface area contributed by atoms with Crippen LogP contribution in [0.2, 0.25) is 0 Å². The lowest BCUT2D eigenvalue weighted by molar-refractivity contribution is -0.0887. The number of hydrogen-bond acceptors (Lipinski definition) is 3. The lowest BCUT2D eigenvalue weighted by Crippen LogP contribution is -2.57. The van der Waals surface area contributed by atoms with Gasteiger partial charge in [-0.1, -0.05) is 18.9 Å². The fourth-order valence-electron chi connectivity index (χ4n) is 4.66. The number of hydrogen-bond donors (Lipinski definition) is 1. The zero-order chi connectivity index (χ0) is 15.8. The maximum absolute atomic E-state index is 11.5. The minimum absolute atomic E-state index is 0.0996. The van der Waals surface area contributed by atoms with Crippen LogP contribution in [0.1, 0.15) is 49.7 Å². The van der Waals surface area contributed by atoms with Crippen LogP contribution in [0.25, 0.3) is 0 Å². The Bertz CT molecular complexity index is 542. The van der Waals surface area contributed by atoms with Gasteiger partial charge in [0.05, 0.1) is 12.7 Å². The van der Waals surface area contributed by atoms with Crippen molar-refractivity contribution < 1.29 is 9.84 Å². The molecule has 0 amide bonds. The first-order valence-corrected chi connectivity index (χ1v) is 8.55. The van der Waals surface area contributed by atoms with Crippen LogP contribution >= 0.6 is 0 Å². The number of methoxy groups -OCH3 is 1. The van der Waals surface area contributed by atoms with Crippen molar-refractivity contribution in [2.24, 2.45) is 0 Å². The van der Waals surface area contributed by atoms with Gasteiger partial charge in [0, 0.05) is 5.41 Å². The van der Waals surface area contributed by atoms with Gasteiger partial charge in [-0.15, -0.1) is 0 Å². The van der Waals surface area contributed by atoms with E-state index in [-0.39, 0.29) is 5.41 Å². The zero-order valence-corrected chi connectivity index (χ0v) is 14.2. The molecule has 0 bridgehead atoms. The molecule has 3 heteroatoms. The molecule has 122 valence electrons. The second-order valence-corrected chi connectivity index (χ2v) is 7.40. The van der Waals surface area contributed by atoms with Crippen molar-refractivity contribution in [3.63, 3.8) is 0 Å². The van der Waals surface area contributed by atoms with Crippen LogP contribution < -0.4 is 4.74 Å². The molecule has 2 aliphatic rings. The minimum atomic E-state index is -0.541. The van der Waals surface area contributed by atoms with Crippen molar-refractivity contribution in [3.05, 3.63) is 29.3 Å². The normalized spacial score (nSPS) is 30.8. The van der Waals surface area contributed by atoms with E-state index in [1.807, 2.05) is 0 Å². The van der Waals surface area contributed by atoms with E-state index in [2.05, 4.69) is 37.2 Å². The molecule has 1 aromatic carbocycles. The third kappa shape index (κ3) is 2.44. The molecule has 0 aliphatic heterocycles. The van der Waals surface area contributed by atoms with E-state index in [1.54, 1.807) is 7.11 Å². The molecular formula is C19H29NO2. The molecule has 3 rings (SSSR count).